The zero-order valence-electron chi connectivity index (χ0n) is 13.8. The maximum atomic E-state index is 12.8. The summed E-state index contributed by atoms with van der Waals surface area (Å²) in [7, 11) is 0. The van der Waals surface area contributed by atoms with Crippen LogP contribution in [0.15, 0.2) is 24.3 Å². The third kappa shape index (κ3) is 4.18. The third-order valence-corrected chi connectivity index (χ3v) is 4.92. The van der Waals surface area contributed by atoms with Gasteiger partial charge in [-0.15, -0.1) is 24.8 Å². The predicted octanol–water partition coefficient (Wildman–Crippen LogP) is 2.53. The van der Waals surface area contributed by atoms with E-state index in [2.05, 4.69) is 11.8 Å². The molecular formula is C17H27Cl2N3O. The number of halogens is 2. The molecule has 0 saturated carbocycles. The van der Waals surface area contributed by atoms with Gasteiger partial charge >= 0.3 is 0 Å². The Hall–Kier alpha value is -0.810. The fraction of sp³-hybridized carbons (Fsp3) is 0.588. The van der Waals surface area contributed by atoms with Crippen LogP contribution in [-0.4, -0.2) is 47.4 Å². The first kappa shape index (κ1) is 20.2. The molecule has 4 nitrogen and oxygen atoms in total. The predicted molar refractivity (Wildman–Crippen MR) is 98.4 cm³/mol. The minimum atomic E-state index is -0.541. The zero-order chi connectivity index (χ0) is 15.0. The first-order valence-electron chi connectivity index (χ1n) is 7.93. The van der Waals surface area contributed by atoms with E-state index in [0.29, 0.717) is 6.04 Å². The van der Waals surface area contributed by atoms with E-state index in [1.54, 1.807) is 0 Å². The van der Waals surface area contributed by atoms with Gasteiger partial charge in [0.05, 0.1) is 0 Å². The summed E-state index contributed by atoms with van der Waals surface area (Å²) in [6.07, 6.45) is 2.46. The molecule has 3 rings (SSSR count). The van der Waals surface area contributed by atoms with Crippen molar-refractivity contribution in [3.05, 3.63) is 35.4 Å². The van der Waals surface area contributed by atoms with Crippen LogP contribution in [0.5, 0.6) is 0 Å². The molecule has 2 aliphatic rings. The fourth-order valence-electron chi connectivity index (χ4n) is 3.59. The lowest BCUT2D eigenvalue weighted by molar-refractivity contribution is -0.138. The van der Waals surface area contributed by atoms with Crippen LogP contribution < -0.4 is 5.73 Å². The summed E-state index contributed by atoms with van der Waals surface area (Å²) in [5.74, 6) is 0.0675. The van der Waals surface area contributed by atoms with Crippen LogP contribution in [-0.2, 0) is 4.79 Å². The summed E-state index contributed by atoms with van der Waals surface area (Å²) >= 11 is 0. The van der Waals surface area contributed by atoms with Gasteiger partial charge in [0.1, 0.15) is 6.04 Å². The lowest BCUT2D eigenvalue weighted by atomic mass is 10.0. The van der Waals surface area contributed by atoms with Crippen LogP contribution >= 0.6 is 24.8 Å². The first-order chi connectivity index (χ1) is 10.1. The number of carbonyl (C=O) groups is 1. The van der Waals surface area contributed by atoms with E-state index in [9.17, 15) is 4.79 Å². The topological polar surface area (TPSA) is 49.6 Å². The molecule has 2 heterocycles. The molecular weight excluding hydrogens is 333 g/mol. The second-order valence-electron chi connectivity index (χ2n) is 6.52. The van der Waals surface area contributed by atoms with Crippen LogP contribution in [0, 0.1) is 6.92 Å². The molecule has 0 spiro atoms. The smallest absolute Gasteiger partial charge is 0.244 e. The standard InChI is InChI=1S/C17H25N3O.2ClH/c1-12-5-7-14(8-6-12)16(18)17(21)20-11-15-4-3-9-19(15)10-13(20)2;;/h5-8,13,15-16H,3-4,9-11,18H2,1-2H3;2*1H. The van der Waals surface area contributed by atoms with Crippen LogP contribution in [0.4, 0.5) is 0 Å². The SMILES string of the molecule is Cc1ccc(C(N)C(=O)N2CC3CCCN3CC2C)cc1.Cl.Cl. The van der Waals surface area contributed by atoms with Gasteiger partial charge < -0.3 is 10.6 Å². The maximum Gasteiger partial charge on any atom is 0.244 e. The number of amides is 1. The van der Waals surface area contributed by atoms with Gasteiger partial charge in [-0.05, 0) is 38.8 Å². The quantitative estimate of drug-likeness (QED) is 0.882. The second kappa shape index (κ2) is 8.34. The Labute approximate surface area is 151 Å². The first-order valence-corrected chi connectivity index (χ1v) is 7.93. The molecule has 1 aromatic carbocycles. The molecule has 0 radical (unpaired) electrons. The lowest BCUT2D eigenvalue weighted by Gasteiger charge is -2.43. The third-order valence-electron chi connectivity index (χ3n) is 4.92. The summed E-state index contributed by atoms with van der Waals surface area (Å²) in [4.78, 5) is 17.3. The van der Waals surface area contributed by atoms with Gasteiger partial charge in [0, 0.05) is 25.2 Å². The van der Waals surface area contributed by atoms with E-state index in [4.69, 9.17) is 5.73 Å². The molecule has 0 bridgehead atoms. The van der Waals surface area contributed by atoms with Crippen molar-refractivity contribution in [2.24, 2.45) is 5.73 Å². The molecule has 23 heavy (non-hydrogen) atoms. The van der Waals surface area contributed by atoms with Crippen molar-refractivity contribution in [3.63, 3.8) is 0 Å². The molecule has 6 heteroatoms. The largest absolute Gasteiger partial charge is 0.335 e. The summed E-state index contributed by atoms with van der Waals surface area (Å²) in [6, 6.07) is 8.21. The van der Waals surface area contributed by atoms with Crippen molar-refractivity contribution in [3.8, 4) is 0 Å². The molecule has 2 fully saturated rings. The number of hydrogen-bond acceptors (Lipinski definition) is 3. The van der Waals surface area contributed by atoms with Gasteiger partial charge in [0.25, 0.3) is 0 Å². The van der Waals surface area contributed by atoms with Gasteiger partial charge in [-0.3, -0.25) is 9.69 Å². The Balaban J connectivity index is 0.00000132. The highest BCUT2D eigenvalue weighted by Gasteiger charge is 2.37. The molecule has 3 unspecified atom stereocenters. The lowest BCUT2D eigenvalue weighted by Crippen LogP contribution is -2.58. The van der Waals surface area contributed by atoms with Gasteiger partial charge in [0.15, 0.2) is 0 Å². The molecule has 3 atom stereocenters. The normalized spacial score (nSPS) is 25.1. The monoisotopic (exact) mass is 359 g/mol. The van der Waals surface area contributed by atoms with Crippen molar-refractivity contribution in [2.45, 2.75) is 44.8 Å². The summed E-state index contributed by atoms with van der Waals surface area (Å²) in [5.41, 5.74) is 8.31. The highest BCUT2D eigenvalue weighted by atomic mass is 35.5. The van der Waals surface area contributed by atoms with E-state index >= 15 is 0 Å². The van der Waals surface area contributed by atoms with Gasteiger partial charge in [-0.2, -0.15) is 0 Å². The molecule has 2 aliphatic heterocycles. The Bertz CT molecular complexity index is 523. The van der Waals surface area contributed by atoms with E-state index in [0.717, 1.165) is 18.7 Å². The van der Waals surface area contributed by atoms with Gasteiger partial charge in [0.2, 0.25) is 5.91 Å². The molecule has 2 N–H and O–H groups in total. The number of benzene rings is 1. The Kier molecular flexibility index (Phi) is 7.33. The Morgan fingerprint density at radius 1 is 1.22 bits per heavy atom. The number of hydrogen-bond donors (Lipinski definition) is 1. The number of piperazine rings is 1. The van der Waals surface area contributed by atoms with Crippen molar-refractivity contribution in [1.82, 2.24) is 9.80 Å². The fourth-order valence-corrected chi connectivity index (χ4v) is 3.59. The number of rotatable bonds is 2. The number of nitrogens with zero attached hydrogens (tertiary/aromatic N) is 2. The Morgan fingerprint density at radius 3 is 2.52 bits per heavy atom. The van der Waals surface area contributed by atoms with Crippen molar-refractivity contribution in [2.75, 3.05) is 19.6 Å². The second-order valence-corrected chi connectivity index (χ2v) is 6.52. The minimum absolute atomic E-state index is 0. The zero-order valence-corrected chi connectivity index (χ0v) is 15.4. The van der Waals surface area contributed by atoms with Crippen LogP contribution in [0.2, 0.25) is 0 Å². The maximum absolute atomic E-state index is 12.8. The summed E-state index contributed by atoms with van der Waals surface area (Å²) in [5, 5.41) is 0. The molecule has 1 aromatic rings. The minimum Gasteiger partial charge on any atom is -0.335 e. The van der Waals surface area contributed by atoms with E-state index < -0.39 is 6.04 Å². The highest BCUT2D eigenvalue weighted by molar-refractivity contribution is 5.85. The molecule has 0 aliphatic carbocycles. The number of fused-ring (bicyclic) bond motifs is 1. The molecule has 0 aromatic heterocycles. The van der Waals surface area contributed by atoms with Crippen LogP contribution in [0.3, 0.4) is 0 Å². The van der Waals surface area contributed by atoms with Gasteiger partial charge in [-0.25, -0.2) is 0 Å². The molecule has 130 valence electrons. The highest BCUT2D eigenvalue weighted by Crippen LogP contribution is 2.26. The van der Waals surface area contributed by atoms with Crippen LogP contribution in [0.1, 0.15) is 36.9 Å². The number of carbonyl (C=O) groups excluding carboxylic acids is 1. The van der Waals surface area contributed by atoms with E-state index in [1.165, 1.54) is 24.9 Å². The van der Waals surface area contributed by atoms with Gasteiger partial charge in [-0.1, -0.05) is 29.8 Å². The number of nitrogens with two attached hydrogens (primary N) is 1. The number of aryl methyl sites for hydroxylation is 1. The Morgan fingerprint density at radius 2 is 1.87 bits per heavy atom. The average Bonchev–Trinajstić information content (AvgIpc) is 2.93. The average molecular weight is 360 g/mol. The molecule has 2 saturated heterocycles. The van der Waals surface area contributed by atoms with Crippen molar-refractivity contribution < 1.29 is 4.79 Å². The van der Waals surface area contributed by atoms with E-state index in [1.807, 2.05) is 36.1 Å². The van der Waals surface area contributed by atoms with Crippen molar-refractivity contribution in [1.29, 1.82) is 0 Å². The van der Waals surface area contributed by atoms with Crippen LogP contribution in [0.25, 0.3) is 0 Å². The molecule has 1 amide bonds. The van der Waals surface area contributed by atoms with E-state index in [-0.39, 0.29) is 36.8 Å². The summed E-state index contributed by atoms with van der Waals surface area (Å²) in [6.45, 7) is 7.17. The summed E-state index contributed by atoms with van der Waals surface area (Å²) < 4.78 is 0. The van der Waals surface area contributed by atoms with Crippen molar-refractivity contribution >= 4 is 30.7 Å².